The van der Waals surface area contributed by atoms with Gasteiger partial charge in [0.05, 0.1) is 18.7 Å². The zero-order valence-electron chi connectivity index (χ0n) is 19.0. The van der Waals surface area contributed by atoms with Crippen molar-refractivity contribution in [2.75, 3.05) is 0 Å². The molecule has 2 heterocycles. The fraction of sp³-hybridized carbons (Fsp3) is 0.440. The molecule has 1 amide bonds. The van der Waals surface area contributed by atoms with Crippen LogP contribution in [0.15, 0.2) is 48.7 Å². The highest BCUT2D eigenvalue weighted by Gasteiger charge is 2.33. The van der Waals surface area contributed by atoms with E-state index in [1.54, 1.807) is 4.90 Å². The van der Waals surface area contributed by atoms with Gasteiger partial charge in [0, 0.05) is 24.0 Å². The summed E-state index contributed by atoms with van der Waals surface area (Å²) in [5, 5.41) is 5.69. The molecule has 6 heteroatoms. The van der Waals surface area contributed by atoms with Gasteiger partial charge in [-0.25, -0.2) is 4.79 Å². The molecule has 0 N–H and O–H groups in total. The molecule has 0 aliphatic carbocycles. The van der Waals surface area contributed by atoms with Gasteiger partial charge in [0.25, 0.3) is 0 Å². The van der Waals surface area contributed by atoms with Crippen molar-refractivity contribution >= 4 is 17.0 Å². The van der Waals surface area contributed by atoms with E-state index in [1.165, 1.54) is 5.56 Å². The minimum atomic E-state index is -0.555. The minimum Gasteiger partial charge on any atom is -0.444 e. The van der Waals surface area contributed by atoms with E-state index in [1.807, 2.05) is 49.7 Å². The monoisotopic (exact) mass is 421 g/mol. The number of hydrogen-bond acceptors (Lipinski definition) is 4. The molecule has 1 atom stereocenters. The Hall–Kier alpha value is -2.86. The summed E-state index contributed by atoms with van der Waals surface area (Å²) in [7, 11) is 0. The Morgan fingerprint density at radius 3 is 2.61 bits per heavy atom. The number of carbonyl (C=O) groups excluding carboxylic acids is 1. The van der Waals surface area contributed by atoms with Gasteiger partial charge in [0.15, 0.2) is 0 Å². The van der Waals surface area contributed by atoms with Crippen LogP contribution < -0.4 is 0 Å². The summed E-state index contributed by atoms with van der Waals surface area (Å²) in [4.78, 5) is 14.6. The van der Waals surface area contributed by atoms with Crippen molar-refractivity contribution < 1.29 is 14.3 Å². The Kier molecular flexibility index (Phi) is 5.75. The molecule has 0 fully saturated rings. The van der Waals surface area contributed by atoms with Crippen molar-refractivity contribution in [1.29, 1.82) is 0 Å². The summed E-state index contributed by atoms with van der Waals surface area (Å²) in [5.74, 6) is 0. The molecule has 0 radical (unpaired) electrons. The molecule has 31 heavy (non-hydrogen) atoms. The van der Waals surface area contributed by atoms with Crippen molar-refractivity contribution in [3.8, 4) is 0 Å². The second-order valence-corrected chi connectivity index (χ2v) is 9.44. The molecule has 1 aromatic heterocycles. The normalized spacial score (nSPS) is 16.6. The Balaban J connectivity index is 1.53. The van der Waals surface area contributed by atoms with E-state index in [0.29, 0.717) is 25.6 Å². The summed E-state index contributed by atoms with van der Waals surface area (Å²) < 4.78 is 13.9. The van der Waals surface area contributed by atoms with Gasteiger partial charge in [-0.15, -0.1) is 0 Å². The fourth-order valence-corrected chi connectivity index (χ4v) is 3.79. The first-order valence-corrected chi connectivity index (χ1v) is 10.9. The predicted molar refractivity (Wildman–Crippen MR) is 121 cm³/mol. The van der Waals surface area contributed by atoms with Gasteiger partial charge in [-0.1, -0.05) is 30.3 Å². The van der Waals surface area contributed by atoms with E-state index in [2.05, 4.69) is 43.3 Å². The molecule has 164 valence electrons. The Labute approximate surface area is 183 Å². The van der Waals surface area contributed by atoms with E-state index in [9.17, 15) is 4.79 Å². The number of fused-ring (bicyclic) bond motifs is 2. The number of benzene rings is 2. The van der Waals surface area contributed by atoms with Crippen molar-refractivity contribution in [2.24, 2.45) is 0 Å². The average molecular weight is 422 g/mol. The lowest BCUT2D eigenvalue weighted by Gasteiger charge is -2.37. The zero-order chi connectivity index (χ0) is 22.2. The quantitative estimate of drug-likeness (QED) is 0.562. The minimum absolute atomic E-state index is 0.316. The topological polar surface area (TPSA) is 56.6 Å². The van der Waals surface area contributed by atoms with Crippen LogP contribution in [0.3, 0.4) is 0 Å². The first kappa shape index (κ1) is 21.4. The van der Waals surface area contributed by atoms with Crippen LogP contribution in [0, 0.1) is 0 Å². The highest BCUT2D eigenvalue weighted by Crippen LogP contribution is 2.27. The van der Waals surface area contributed by atoms with E-state index >= 15 is 0 Å². The van der Waals surface area contributed by atoms with Crippen molar-refractivity contribution in [1.82, 2.24) is 14.7 Å². The Morgan fingerprint density at radius 1 is 1.16 bits per heavy atom. The van der Waals surface area contributed by atoms with Crippen LogP contribution in [0.2, 0.25) is 0 Å². The summed E-state index contributed by atoms with van der Waals surface area (Å²) in [6, 6.07) is 14.7. The van der Waals surface area contributed by atoms with E-state index in [-0.39, 0.29) is 12.3 Å². The number of carbonyl (C=O) groups is 1. The second kappa shape index (κ2) is 8.35. The number of hydrogen-bond donors (Lipinski definition) is 0. The van der Waals surface area contributed by atoms with Crippen LogP contribution in [-0.2, 0) is 29.0 Å². The van der Waals surface area contributed by atoms with Crippen LogP contribution >= 0.6 is 0 Å². The third kappa shape index (κ3) is 4.90. The van der Waals surface area contributed by atoms with E-state index in [0.717, 1.165) is 22.0 Å². The van der Waals surface area contributed by atoms with Crippen LogP contribution in [0.25, 0.3) is 10.9 Å². The molecule has 6 nitrogen and oxygen atoms in total. The standard InChI is InChI=1S/C25H31N3O3/c1-17(2)28-15-21-12-18(10-11-22(21)26-28)16-30-23-13-19-8-6-7-9-20(19)14-27(23)24(29)31-25(3,4)5/h6-12,15,17,23H,13-14,16H2,1-5H3. The largest absolute Gasteiger partial charge is 0.444 e. The molecule has 0 spiro atoms. The van der Waals surface area contributed by atoms with Gasteiger partial charge in [-0.2, -0.15) is 5.10 Å². The lowest BCUT2D eigenvalue weighted by Crippen LogP contribution is -2.47. The van der Waals surface area contributed by atoms with E-state index in [4.69, 9.17) is 9.47 Å². The van der Waals surface area contributed by atoms with Crippen LogP contribution in [-0.4, -0.2) is 32.6 Å². The lowest BCUT2D eigenvalue weighted by molar-refractivity contribution is -0.0821. The molecule has 1 aliphatic rings. The first-order chi connectivity index (χ1) is 14.7. The maximum atomic E-state index is 12.9. The Morgan fingerprint density at radius 2 is 1.90 bits per heavy atom. The lowest BCUT2D eigenvalue weighted by atomic mass is 9.99. The molecule has 1 unspecified atom stereocenters. The van der Waals surface area contributed by atoms with Gasteiger partial charge < -0.3 is 9.47 Å². The molecule has 0 saturated heterocycles. The number of nitrogens with zero attached hydrogens (tertiary/aromatic N) is 3. The third-order valence-electron chi connectivity index (χ3n) is 5.39. The van der Waals surface area contributed by atoms with Crippen LogP contribution in [0.4, 0.5) is 4.79 Å². The molecule has 3 aromatic rings. The van der Waals surface area contributed by atoms with Gasteiger partial charge in [0.1, 0.15) is 11.8 Å². The summed E-state index contributed by atoms with van der Waals surface area (Å²) in [6.07, 6.45) is 1.98. The van der Waals surface area contributed by atoms with Crippen molar-refractivity contribution in [2.45, 2.75) is 72.1 Å². The zero-order valence-corrected chi connectivity index (χ0v) is 19.0. The number of rotatable bonds is 4. The van der Waals surface area contributed by atoms with Crippen molar-refractivity contribution in [3.05, 3.63) is 65.4 Å². The molecule has 2 aromatic carbocycles. The molecule has 0 bridgehead atoms. The molecule has 4 rings (SSSR count). The maximum absolute atomic E-state index is 12.9. The van der Waals surface area contributed by atoms with Crippen molar-refractivity contribution in [3.63, 3.8) is 0 Å². The SMILES string of the molecule is CC(C)n1cc2cc(COC3Cc4ccccc4CN3C(=O)OC(C)(C)C)ccc2n1. The van der Waals surface area contributed by atoms with Gasteiger partial charge >= 0.3 is 6.09 Å². The second-order valence-electron chi connectivity index (χ2n) is 9.44. The van der Waals surface area contributed by atoms with Gasteiger partial charge in [0.2, 0.25) is 0 Å². The van der Waals surface area contributed by atoms with Gasteiger partial charge in [-0.05, 0) is 63.4 Å². The predicted octanol–water partition coefficient (Wildman–Crippen LogP) is 5.45. The number of ether oxygens (including phenoxy) is 2. The summed E-state index contributed by atoms with van der Waals surface area (Å²) in [6.45, 7) is 10.8. The summed E-state index contributed by atoms with van der Waals surface area (Å²) >= 11 is 0. The van der Waals surface area contributed by atoms with Crippen LogP contribution in [0.5, 0.6) is 0 Å². The molecule has 0 saturated carbocycles. The van der Waals surface area contributed by atoms with Gasteiger partial charge in [-0.3, -0.25) is 9.58 Å². The first-order valence-electron chi connectivity index (χ1n) is 10.9. The van der Waals surface area contributed by atoms with Crippen LogP contribution in [0.1, 0.15) is 57.4 Å². The van der Waals surface area contributed by atoms with E-state index < -0.39 is 5.60 Å². The molecular weight excluding hydrogens is 390 g/mol. The number of amides is 1. The summed E-state index contributed by atoms with van der Waals surface area (Å²) in [5.41, 5.74) is 3.81. The third-order valence-corrected chi connectivity index (χ3v) is 5.39. The fourth-order valence-electron chi connectivity index (χ4n) is 3.79. The molecule has 1 aliphatic heterocycles. The Bertz CT molecular complexity index is 1080. The number of aromatic nitrogens is 2. The maximum Gasteiger partial charge on any atom is 0.412 e. The molecular formula is C25H31N3O3. The highest BCUT2D eigenvalue weighted by atomic mass is 16.6. The average Bonchev–Trinajstić information content (AvgIpc) is 3.14. The smallest absolute Gasteiger partial charge is 0.412 e. The highest BCUT2D eigenvalue weighted by molar-refractivity contribution is 5.78.